The van der Waals surface area contributed by atoms with Crippen molar-refractivity contribution in [3.05, 3.63) is 65.2 Å². The van der Waals surface area contributed by atoms with E-state index in [-0.39, 0.29) is 12.4 Å². The summed E-state index contributed by atoms with van der Waals surface area (Å²) < 4.78 is 22.4. The average molecular weight is 452 g/mol. The second kappa shape index (κ2) is 11.7. The van der Waals surface area contributed by atoms with Gasteiger partial charge < -0.3 is 23.8 Å². The summed E-state index contributed by atoms with van der Waals surface area (Å²) in [5.74, 6) is 0.993. The van der Waals surface area contributed by atoms with Crippen LogP contribution in [0.1, 0.15) is 49.3 Å². The van der Waals surface area contributed by atoms with Gasteiger partial charge >= 0.3 is 0 Å². The maximum Gasteiger partial charge on any atom is 0.180 e. The van der Waals surface area contributed by atoms with E-state index in [9.17, 15) is 0 Å². The standard InChI is InChI=1S/C28H37NO4/c1-4-5-17-32-24-13-14-27-22(18-24)7-6-8-26(27)21-9-11-23(12-10-21)29-16-15-25(19-29)33-20-28(30-2)31-3/h8-14,18,25,28H,4-7,15-17,19-20H2,1-3H3/t25-/m0/s1. The highest BCUT2D eigenvalue weighted by Crippen LogP contribution is 2.35. The first-order chi connectivity index (χ1) is 16.2. The molecule has 5 heteroatoms. The molecule has 0 saturated carbocycles. The number of hydrogen-bond acceptors (Lipinski definition) is 5. The topological polar surface area (TPSA) is 40.2 Å². The van der Waals surface area contributed by atoms with Gasteiger partial charge in [-0.05, 0) is 72.2 Å². The molecule has 178 valence electrons. The van der Waals surface area contributed by atoms with Crippen LogP contribution in [0.5, 0.6) is 5.75 Å². The van der Waals surface area contributed by atoms with Crippen LogP contribution in [0, 0.1) is 0 Å². The Balaban J connectivity index is 1.38. The molecule has 0 radical (unpaired) electrons. The number of hydrogen-bond donors (Lipinski definition) is 0. The molecule has 0 aromatic heterocycles. The third kappa shape index (κ3) is 5.97. The fourth-order valence-electron chi connectivity index (χ4n) is 4.62. The van der Waals surface area contributed by atoms with E-state index < -0.39 is 0 Å². The van der Waals surface area contributed by atoms with Crippen LogP contribution in [-0.4, -0.2) is 52.9 Å². The molecule has 0 spiro atoms. The van der Waals surface area contributed by atoms with E-state index in [2.05, 4.69) is 60.4 Å². The highest BCUT2D eigenvalue weighted by atomic mass is 16.7. The molecule has 0 amide bonds. The minimum atomic E-state index is -0.302. The number of allylic oxidation sites excluding steroid dienone is 1. The van der Waals surface area contributed by atoms with Gasteiger partial charge in [-0.2, -0.15) is 0 Å². The molecule has 2 aliphatic rings. The molecule has 2 aromatic rings. The fourth-order valence-corrected chi connectivity index (χ4v) is 4.62. The minimum absolute atomic E-state index is 0.208. The van der Waals surface area contributed by atoms with Gasteiger partial charge in [0, 0.05) is 33.0 Å². The lowest BCUT2D eigenvalue weighted by Gasteiger charge is -2.22. The maximum atomic E-state index is 5.99. The zero-order valence-electron chi connectivity index (χ0n) is 20.2. The van der Waals surface area contributed by atoms with Crippen LogP contribution < -0.4 is 9.64 Å². The van der Waals surface area contributed by atoms with Gasteiger partial charge in [-0.1, -0.05) is 37.6 Å². The molecule has 4 rings (SSSR count). The number of fused-ring (bicyclic) bond motifs is 1. The second-order valence-electron chi connectivity index (χ2n) is 8.82. The van der Waals surface area contributed by atoms with Crippen LogP contribution in [0.3, 0.4) is 0 Å². The Kier molecular flexibility index (Phi) is 8.43. The number of aryl methyl sites for hydroxylation is 1. The van der Waals surface area contributed by atoms with Crippen LogP contribution >= 0.6 is 0 Å². The zero-order chi connectivity index (χ0) is 23.0. The maximum absolute atomic E-state index is 5.99. The lowest BCUT2D eigenvalue weighted by atomic mass is 9.87. The quantitative estimate of drug-likeness (QED) is 0.335. The average Bonchev–Trinajstić information content (AvgIpc) is 3.33. The van der Waals surface area contributed by atoms with E-state index in [4.69, 9.17) is 18.9 Å². The van der Waals surface area contributed by atoms with Crippen molar-refractivity contribution in [2.24, 2.45) is 0 Å². The Morgan fingerprint density at radius 2 is 1.88 bits per heavy atom. The molecule has 1 fully saturated rings. The molecule has 1 saturated heterocycles. The largest absolute Gasteiger partial charge is 0.494 e. The number of rotatable bonds is 11. The first-order valence-corrected chi connectivity index (χ1v) is 12.2. The molecule has 0 N–H and O–H groups in total. The van der Waals surface area contributed by atoms with Gasteiger partial charge in [0.2, 0.25) is 0 Å². The molecule has 5 nitrogen and oxygen atoms in total. The first kappa shape index (κ1) is 23.8. The molecule has 1 aliphatic heterocycles. The first-order valence-electron chi connectivity index (χ1n) is 12.2. The van der Waals surface area contributed by atoms with Gasteiger partial charge in [-0.15, -0.1) is 0 Å². The monoisotopic (exact) mass is 451 g/mol. The van der Waals surface area contributed by atoms with Crippen molar-refractivity contribution in [3.8, 4) is 5.75 Å². The Labute approximate surface area is 198 Å². The lowest BCUT2D eigenvalue weighted by Crippen LogP contribution is -2.27. The van der Waals surface area contributed by atoms with Crippen molar-refractivity contribution in [1.82, 2.24) is 0 Å². The van der Waals surface area contributed by atoms with E-state index in [0.717, 1.165) is 57.6 Å². The molecular weight excluding hydrogens is 414 g/mol. The van der Waals surface area contributed by atoms with Crippen LogP contribution in [0.15, 0.2) is 48.5 Å². The number of unbranched alkanes of at least 4 members (excludes halogenated alkanes) is 1. The number of nitrogens with zero attached hydrogens (tertiary/aromatic N) is 1. The molecule has 0 unspecified atom stereocenters. The van der Waals surface area contributed by atoms with Crippen molar-refractivity contribution >= 4 is 11.3 Å². The van der Waals surface area contributed by atoms with Gasteiger partial charge in [0.1, 0.15) is 5.75 Å². The van der Waals surface area contributed by atoms with Gasteiger partial charge in [0.25, 0.3) is 0 Å². The van der Waals surface area contributed by atoms with Gasteiger partial charge in [-0.25, -0.2) is 0 Å². The summed E-state index contributed by atoms with van der Waals surface area (Å²) in [5.41, 5.74) is 6.56. The van der Waals surface area contributed by atoms with Crippen LogP contribution in [0.4, 0.5) is 5.69 Å². The third-order valence-electron chi connectivity index (χ3n) is 6.58. The predicted octanol–water partition coefficient (Wildman–Crippen LogP) is 5.46. The van der Waals surface area contributed by atoms with Crippen LogP contribution in [-0.2, 0) is 20.6 Å². The van der Waals surface area contributed by atoms with Crippen molar-refractivity contribution < 1.29 is 18.9 Å². The number of anilines is 1. The molecule has 0 bridgehead atoms. The van der Waals surface area contributed by atoms with E-state index >= 15 is 0 Å². The Hall–Kier alpha value is -2.34. The van der Waals surface area contributed by atoms with E-state index in [0.29, 0.717) is 6.61 Å². The molecule has 1 atom stereocenters. The fraction of sp³-hybridized carbons (Fsp3) is 0.500. The van der Waals surface area contributed by atoms with Gasteiger partial charge in [-0.3, -0.25) is 0 Å². The summed E-state index contributed by atoms with van der Waals surface area (Å²) in [6.07, 6.45) is 7.69. The highest BCUT2D eigenvalue weighted by molar-refractivity contribution is 5.83. The van der Waals surface area contributed by atoms with Crippen LogP contribution in [0.25, 0.3) is 5.57 Å². The van der Waals surface area contributed by atoms with Crippen molar-refractivity contribution in [2.45, 2.75) is 51.4 Å². The van der Waals surface area contributed by atoms with Gasteiger partial charge in [0.15, 0.2) is 6.29 Å². The summed E-state index contributed by atoms with van der Waals surface area (Å²) in [4.78, 5) is 2.40. The second-order valence-corrected chi connectivity index (χ2v) is 8.82. The molecular formula is C28H37NO4. The third-order valence-corrected chi connectivity index (χ3v) is 6.58. The zero-order valence-corrected chi connectivity index (χ0v) is 20.2. The number of benzene rings is 2. The SMILES string of the molecule is CCCCOc1ccc2c(c1)CCC=C2c1ccc(N2CC[C@H](OCC(OC)OC)C2)cc1. The smallest absolute Gasteiger partial charge is 0.180 e. The lowest BCUT2D eigenvalue weighted by molar-refractivity contribution is -0.149. The number of ether oxygens (including phenoxy) is 4. The summed E-state index contributed by atoms with van der Waals surface area (Å²) >= 11 is 0. The van der Waals surface area contributed by atoms with E-state index in [1.165, 1.54) is 28.0 Å². The number of methoxy groups -OCH3 is 2. The summed E-state index contributed by atoms with van der Waals surface area (Å²) in [6, 6.07) is 15.6. The highest BCUT2D eigenvalue weighted by Gasteiger charge is 2.24. The van der Waals surface area contributed by atoms with E-state index in [1.54, 1.807) is 14.2 Å². The minimum Gasteiger partial charge on any atom is -0.494 e. The van der Waals surface area contributed by atoms with Crippen molar-refractivity contribution in [2.75, 3.05) is 45.4 Å². The molecule has 1 aliphatic carbocycles. The Morgan fingerprint density at radius 1 is 1.06 bits per heavy atom. The van der Waals surface area contributed by atoms with Crippen LogP contribution in [0.2, 0.25) is 0 Å². The molecule has 1 heterocycles. The molecule has 2 aromatic carbocycles. The summed E-state index contributed by atoms with van der Waals surface area (Å²) in [6.45, 7) is 5.34. The normalized spacial score (nSPS) is 17.9. The molecule has 33 heavy (non-hydrogen) atoms. The predicted molar refractivity (Wildman–Crippen MR) is 133 cm³/mol. The summed E-state index contributed by atoms with van der Waals surface area (Å²) in [5, 5.41) is 0. The van der Waals surface area contributed by atoms with E-state index in [1.807, 2.05) is 0 Å². The Bertz CT molecular complexity index is 920. The van der Waals surface area contributed by atoms with Crippen molar-refractivity contribution in [1.29, 1.82) is 0 Å². The van der Waals surface area contributed by atoms with Crippen molar-refractivity contribution in [3.63, 3.8) is 0 Å². The Morgan fingerprint density at radius 3 is 2.64 bits per heavy atom. The summed E-state index contributed by atoms with van der Waals surface area (Å²) in [7, 11) is 3.28. The van der Waals surface area contributed by atoms with Gasteiger partial charge in [0.05, 0.1) is 19.3 Å².